The van der Waals surface area contributed by atoms with Crippen LogP contribution in [0.2, 0.25) is 0 Å². The van der Waals surface area contributed by atoms with Gasteiger partial charge in [0.15, 0.2) is 5.82 Å². The van der Waals surface area contributed by atoms with Gasteiger partial charge < -0.3 is 5.32 Å². The van der Waals surface area contributed by atoms with Crippen LogP contribution in [0.3, 0.4) is 0 Å². The maximum Gasteiger partial charge on any atom is 0.258 e. The molecule has 4 rings (SSSR count). The largest absolute Gasteiger partial charge is 0.305 e. The van der Waals surface area contributed by atoms with Crippen LogP contribution in [0.25, 0.3) is 11.3 Å². The van der Waals surface area contributed by atoms with E-state index in [9.17, 15) is 4.79 Å². The fraction of sp³-hybridized carbons (Fsp3) is 0.227. The molecule has 0 fully saturated rings. The highest BCUT2D eigenvalue weighted by molar-refractivity contribution is 6.04. The number of likely N-dealkylation sites (N-methyl/N-ethyl adjacent to an activating group) is 1. The predicted octanol–water partition coefficient (Wildman–Crippen LogP) is 3.42. The average molecular weight is 386 g/mol. The van der Waals surface area contributed by atoms with E-state index in [0.29, 0.717) is 11.4 Å². The lowest BCUT2D eigenvalue weighted by atomic mass is 9.95. The molecule has 7 nitrogen and oxygen atoms in total. The van der Waals surface area contributed by atoms with E-state index in [1.165, 1.54) is 5.56 Å². The zero-order chi connectivity index (χ0) is 20.4. The number of nitrogens with one attached hydrogen (secondary N) is 1. The average Bonchev–Trinajstić information content (AvgIpc) is 3.16. The van der Waals surface area contributed by atoms with E-state index in [1.54, 1.807) is 30.9 Å². The van der Waals surface area contributed by atoms with Crippen molar-refractivity contribution >= 4 is 17.9 Å². The molecule has 1 aromatic carbocycles. The minimum absolute atomic E-state index is 0.250. The summed E-state index contributed by atoms with van der Waals surface area (Å²) in [5, 5.41) is 9.04. The molecule has 0 aliphatic carbocycles. The summed E-state index contributed by atoms with van der Waals surface area (Å²) in [4.78, 5) is 25.3. The van der Waals surface area contributed by atoms with Crippen LogP contribution in [-0.2, 0) is 0 Å². The van der Waals surface area contributed by atoms with Crippen molar-refractivity contribution in [3.63, 3.8) is 0 Å². The van der Waals surface area contributed by atoms with E-state index in [1.807, 2.05) is 25.2 Å². The third kappa shape index (κ3) is 3.99. The molecular weight excluding hydrogens is 364 g/mol. The number of hydrogen-bond donors (Lipinski definition) is 1. The zero-order valence-electron chi connectivity index (χ0n) is 16.6. The van der Waals surface area contributed by atoms with E-state index in [4.69, 9.17) is 0 Å². The van der Waals surface area contributed by atoms with E-state index in [0.717, 1.165) is 28.9 Å². The normalized spacial score (nSPS) is 15.6. The van der Waals surface area contributed by atoms with Crippen LogP contribution in [-0.4, -0.2) is 45.7 Å². The number of pyridine rings is 1. The Balaban J connectivity index is 1.54. The molecule has 146 valence electrons. The lowest BCUT2D eigenvalue weighted by Crippen LogP contribution is -2.15. The highest BCUT2D eigenvalue weighted by Gasteiger charge is 2.18. The van der Waals surface area contributed by atoms with Crippen molar-refractivity contribution in [3.05, 3.63) is 71.3 Å². The van der Waals surface area contributed by atoms with Crippen molar-refractivity contribution < 1.29 is 4.79 Å². The number of rotatable bonds is 4. The van der Waals surface area contributed by atoms with Gasteiger partial charge in [-0.05, 0) is 42.7 Å². The van der Waals surface area contributed by atoms with Crippen LogP contribution in [0.4, 0.5) is 5.82 Å². The molecule has 1 amide bonds. The van der Waals surface area contributed by atoms with E-state index >= 15 is 0 Å². The molecule has 0 saturated carbocycles. The molecule has 1 N–H and O–H groups in total. The highest BCUT2D eigenvalue weighted by atomic mass is 16.1. The third-order valence-corrected chi connectivity index (χ3v) is 5.05. The van der Waals surface area contributed by atoms with Crippen LogP contribution >= 0.6 is 0 Å². The van der Waals surface area contributed by atoms with Crippen molar-refractivity contribution in [1.29, 1.82) is 0 Å². The fourth-order valence-corrected chi connectivity index (χ4v) is 3.33. The van der Waals surface area contributed by atoms with Gasteiger partial charge in [0, 0.05) is 43.7 Å². The molecule has 2 aromatic heterocycles. The van der Waals surface area contributed by atoms with E-state index in [2.05, 4.69) is 50.5 Å². The van der Waals surface area contributed by atoms with Gasteiger partial charge in [0.25, 0.3) is 5.91 Å². The number of carbonyl (C=O) groups excluding carboxylic acids is 1. The summed E-state index contributed by atoms with van der Waals surface area (Å²) in [6.07, 6.45) is 8.44. The van der Waals surface area contributed by atoms with Gasteiger partial charge >= 0.3 is 0 Å². The van der Waals surface area contributed by atoms with Crippen LogP contribution in [0.5, 0.6) is 0 Å². The highest BCUT2D eigenvalue weighted by Crippen LogP contribution is 2.27. The first kappa shape index (κ1) is 18.7. The van der Waals surface area contributed by atoms with Gasteiger partial charge in [-0.25, -0.2) is 4.98 Å². The third-order valence-electron chi connectivity index (χ3n) is 5.05. The number of hydrogen-bond acceptors (Lipinski definition) is 6. The Hall–Kier alpha value is -3.61. The standard InChI is InChI=1S/C22H22N6O/c1-14-4-5-16(17-9-26-28(3)13-17)8-18(14)20-11-25-21(12-24-20)27-22(29)19-10-23-7-6-15(19)2/h4-12,17H,13H2,1-3H3,(H,25,27,29). The van der Waals surface area contributed by atoms with Gasteiger partial charge in [-0.1, -0.05) is 12.1 Å². The number of amides is 1. The topological polar surface area (TPSA) is 83.4 Å². The Morgan fingerprint density at radius 3 is 2.66 bits per heavy atom. The number of hydrazone groups is 1. The van der Waals surface area contributed by atoms with Crippen molar-refractivity contribution in [2.75, 3.05) is 18.9 Å². The van der Waals surface area contributed by atoms with Gasteiger partial charge in [0.1, 0.15) is 0 Å². The lowest BCUT2D eigenvalue weighted by Gasteiger charge is -2.13. The quantitative estimate of drug-likeness (QED) is 0.743. The Bertz CT molecular complexity index is 1080. The first-order valence-corrected chi connectivity index (χ1v) is 9.41. The summed E-state index contributed by atoms with van der Waals surface area (Å²) in [6, 6.07) is 8.17. The predicted molar refractivity (Wildman–Crippen MR) is 113 cm³/mol. The van der Waals surface area contributed by atoms with E-state index < -0.39 is 0 Å². The van der Waals surface area contributed by atoms with Crippen molar-refractivity contribution in [1.82, 2.24) is 20.0 Å². The number of nitrogens with zero attached hydrogens (tertiary/aromatic N) is 5. The summed E-state index contributed by atoms with van der Waals surface area (Å²) in [7, 11) is 1.97. The summed E-state index contributed by atoms with van der Waals surface area (Å²) in [5.41, 5.74) is 5.49. The minimum Gasteiger partial charge on any atom is -0.305 e. The lowest BCUT2D eigenvalue weighted by molar-refractivity contribution is 0.102. The molecule has 1 aliphatic rings. The molecule has 0 spiro atoms. The van der Waals surface area contributed by atoms with Gasteiger partial charge in [-0.15, -0.1) is 0 Å². The summed E-state index contributed by atoms with van der Waals surface area (Å²) in [5.74, 6) is 0.425. The zero-order valence-corrected chi connectivity index (χ0v) is 16.6. The fourth-order valence-electron chi connectivity index (χ4n) is 3.33. The second-order valence-electron chi connectivity index (χ2n) is 7.22. The van der Waals surface area contributed by atoms with Crippen LogP contribution in [0.15, 0.2) is 54.2 Å². The number of benzene rings is 1. The van der Waals surface area contributed by atoms with Crippen LogP contribution < -0.4 is 5.32 Å². The van der Waals surface area contributed by atoms with Crippen LogP contribution in [0.1, 0.15) is 33.0 Å². The molecule has 0 bridgehead atoms. The molecule has 7 heteroatoms. The first-order valence-electron chi connectivity index (χ1n) is 9.41. The number of carbonyl (C=O) groups is 1. The number of aryl methyl sites for hydroxylation is 2. The Morgan fingerprint density at radius 2 is 1.97 bits per heavy atom. The second kappa shape index (κ2) is 7.79. The van der Waals surface area contributed by atoms with Gasteiger partial charge in [0.05, 0.1) is 23.7 Å². The maximum absolute atomic E-state index is 12.4. The van der Waals surface area contributed by atoms with Crippen molar-refractivity contribution in [2.45, 2.75) is 19.8 Å². The van der Waals surface area contributed by atoms with Crippen molar-refractivity contribution in [3.8, 4) is 11.3 Å². The second-order valence-corrected chi connectivity index (χ2v) is 7.22. The molecule has 0 radical (unpaired) electrons. The van der Waals surface area contributed by atoms with Crippen molar-refractivity contribution in [2.24, 2.45) is 5.10 Å². The Kier molecular flexibility index (Phi) is 5.03. The number of aromatic nitrogens is 3. The smallest absolute Gasteiger partial charge is 0.258 e. The number of anilines is 1. The molecule has 3 heterocycles. The SMILES string of the molecule is Cc1ccncc1C(=O)Nc1cnc(-c2cc(C3C=NN(C)C3)ccc2C)cn1. The molecule has 0 saturated heterocycles. The molecule has 29 heavy (non-hydrogen) atoms. The maximum atomic E-state index is 12.4. The molecule has 1 unspecified atom stereocenters. The van der Waals surface area contributed by atoms with Crippen LogP contribution in [0, 0.1) is 13.8 Å². The van der Waals surface area contributed by atoms with Gasteiger partial charge in [0.2, 0.25) is 0 Å². The molecular formula is C22H22N6O. The summed E-state index contributed by atoms with van der Waals surface area (Å²) < 4.78 is 0. The van der Waals surface area contributed by atoms with Gasteiger partial charge in [-0.2, -0.15) is 5.10 Å². The summed E-state index contributed by atoms with van der Waals surface area (Å²) >= 11 is 0. The Morgan fingerprint density at radius 1 is 1.10 bits per heavy atom. The monoisotopic (exact) mass is 386 g/mol. The molecule has 1 atom stereocenters. The summed E-state index contributed by atoms with van der Waals surface area (Å²) in [6.45, 7) is 4.79. The Labute approximate surface area is 169 Å². The minimum atomic E-state index is -0.250. The molecule has 1 aliphatic heterocycles. The van der Waals surface area contributed by atoms with E-state index in [-0.39, 0.29) is 11.8 Å². The van der Waals surface area contributed by atoms with Gasteiger partial charge in [-0.3, -0.25) is 19.8 Å². The molecule has 3 aromatic rings. The first-order chi connectivity index (χ1) is 14.0.